The van der Waals surface area contributed by atoms with E-state index in [1.54, 1.807) is 14.0 Å². The Labute approximate surface area is 65.9 Å². The van der Waals surface area contributed by atoms with Crippen molar-refractivity contribution >= 4 is 6.03 Å². The molecule has 5 nitrogen and oxygen atoms in total. The zero-order valence-corrected chi connectivity index (χ0v) is 7.00. The molecule has 2 amide bonds. The van der Waals surface area contributed by atoms with Crippen LogP contribution in [-0.4, -0.2) is 42.8 Å². The van der Waals surface area contributed by atoms with Gasteiger partial charge < -0.3 is 10.0 Å². The zero-order valence-electron chi connectivity index (χ0n) is 7.00. The minimum Gasteiger partial charge on any atom is -0.394 e. The second-order valence-electron chi connectivity index (χ2n) is 2.25. The summed E-state index contributed by atoms with van der Waals surface area (Å²) in [4.78, 5) is 16.7. The molecule has 0 aliphatic carbocycles. The number of carbonyl (C=O) groups is 1. The van der Waals surface area contributed by atoms with E-state index in [4.69, 9.17) is 5.11 Å². The van der Waals surface area contributed by atoms with Gasteiger partial charge in [0.15, 0.2) is 0 Å². The van der Waals surface area contributed by atoms with Gasteiger partial charge >= 0.3 is 6.03 Å². The van der Waals surface area contributed by atoms with Gasteiger partial charge in [0.25, 0.3) is 0 Å². The van der Waals surface area contributed by atoms with Crippen molar-refractivity contribution in [3.8, 4) is 0 Å². The third-order valence-electron chi connectivity index (χ3n) is 1.44. The highest BCUT2D eigenvalue weighted by molar-refractivity contribution is 5.72. The molecule has 0 saturated heterocycles. The van der Waals surface area contributed by atoms with Crippen LogP contribution in [0.3, 0.4) is 0 Å². The summed E-state index contributed by atoms with van der Waals surface area (Å²) in [5.74, 6) is 0. The summed E-state index contributed by atoms with van der Waals surface area (Å²) < 4.78 is 0. The number of likely N-dealkylation sites (N-methyl/N-ethyl adjacent to an activating group) is 1. The monoisotopic (exact) mass is 162 g/mol. The Hall–Kier alpha value is -0.810. The average Bonchev–Trinajstić information content (AvgIpc) is 2.02. The third-order valence-corrected chi connectivity index (χ3v) is 1.44. The molecule has 11 heavy (non-hydrogen) atoms. The van der Waals surface area contributed by atoms with Crippen LogP contribution in [0.1, 0.15) is 6.92 Å². The van der Waals surface area contributed by atoms with Gasteiger partial charge in [-0.3, -0.25) is 4.84 Å². The van der Waals surface area contributed by atoms with Crippen LogP contribution in [0.5, 0.6) is 0 Å². The van der Waals surface area contributed by atoms with Gasteiger partial charge in [-0.1, -0.05) is 0 Å². The van der Waals surface area contributed by atoms with Gasteiger partial charge in [-0.25, -0.2) is 10.3 Å². The van der Waals surface area contributed by atoms with Crippen LogP contribution in [0.25, 0.3) is 0 Å². The molecule has 0 saturated carbocycles. The number of hydrogen-bond acceptors (Lipinski definition) is 3. The van der Waals surface area contributed by atoms with Crippen LogP contribution in [-0.2, 0) is 4.84 Å². The molecule has 0 aromatic carbocycles. The number of hydrogen-bond donors (Lipinski definition) is 2. The summed E-state index contributed by atoms with van der Waals surface area (Å²) in [6.07, 6.45) is 0. The van der Waals surface area contributed by atoms with E-state index in [1.165, 1.54) is 12.0 Å². The van der Waals surface area contributed by atoms with Gasteiger partial charge in [0.05, 0.1) is 19.8 Å². The van der Waals surface area contributed by atoms with Crippen molar-refractivity contribution < 1.29 is 14.7 Å². The Morgan fingerprint density at radius 1 is 1.82 bits per heavy atom. The summed E-state index contributed by atoms with van der Waals surface area (Å²) in [7, 11) is 2.94. The summed E-state index contributed by atoms with van der Waals surface area (Å²) in [6, 6.07) is -0.570. The molecule has 5 heteroatoms. The largest absolute Gasteiger partial charge is 0.394 e. The lowest BCUT2D eigenvalue weighted by molar-refractivity contribution is 0.0780. The predicted molar refractivity (Wildman–Crippen MR) is 39.9 cm³/mol. The van der Waals surface area contributed by atoms with E-state index in [-0.39, 0.29) is 18.7 Å². The summed E-state index contributed by atoms with van der Waals surface area (Å²) in [5, 5.41) is 8.66. The fraction of sp³-hybridized carbons (Fsp3) is 0.833. The Kier molecular flexibility index (Phi) is 4.56. The molecule has 0 fully saturated rings. The number of amides is 2. The lowest BCUT2D eigenvalue weighted by Gasteiger charge is -2.22. The van der Waals surface area contributed by atoms with Gasteiger partial charge in [-0.15, -0.1) is 0 Å². The molecule has 0 aliphatic heterocycles. The smallest absolute Gasteiger partial charge is 0.341 e. The summed E-state index contributed by atoms with van der Waals surface area (Å²) in [5.41, 5.74) is 2.14. The highest BCUT2D eigenvalue weighted by atomic mass is 16.6. The van der Waals surface area contributed by atoms with Crippen molar-refractivity contribution in [2.75, 3.05) is 20.8 Å². The first-order valence-corrected chi connectivity index (χ1v) is 3.30. The number of carbonyl (C=O) groups excluding carboxylic acids is 1. The van der Waals surface area contributed by atoms with Crippen molar-refractivity contribution in [3.63, 3.8) is 0 Å². The van der Waals surface area contributed by atoms with E-state index in [1.807, 2.05) is 0 Å². The first-order valence-electron chi connectivity index (χ1n) is 3.30. The maximum Gasteiger partial charge on any atom is 0.341 e. The molecule has 66 valence electrons. The van der Waals surface area contributed by atoms with Crippen molar-refractivity contribution in [1.29, 1.82) is 0 Å². The summed E-state index contributed by atoms with van der Waals surface area (Å²) in [6.45, 7) is 1.67. The predicted octanol–water partition coefficient (Wildman–Crippen LogP) is -0.430. The second kappa shape index (κ2) is 4.92. The number of nitrogens with one attached hydrogen (secondary N) is 1. The molecule has 0 heterocycles. The fourth-order valence-electron chi connectivity index (χ4n) is 0.482. The molecule has 0 radical (unpaired) electrons. The number of urea groups is 1. The van der Waals surface area contributed by atoms with Crippen LogP contribution in [0.15, 0.2) is 0 Å². The first-order chi connectivity index (χ1) is 5.13. The van der Waals surface area contributed by atoms with Gasteiger partial charge in [0, 0.05) is 7.05 Å². The third kappa shape index (κ3) is 3.20. The number of aliphatic hydroxyl groups excluding tert-OH is 1. The normalized spacial score (nSPS) is 12.4. The Morgan fingerprint density at radius 3 is 2.73 bits per heavy atom. The molecular formula is C6H14N2O3. The van der Waals surface area contributed by atoms with Crippen LogP contribution in [0, 0.1) is 0 Å². The average molecular weight is 162 g/mol. The van der Waals surface area contributed by atoms with E-state index in [0.29, 0.717) is 0 Å². The Balaban J connectivity index is 3.80. The fourth-order valence-corrected chi connectivity index (χ4v) is 0.482. The van der Waals surface area contributed by atoms with Crippen LogP contribution >= 0.6 is 0 Å². The number of hydroxylamine groups is 1. The quantitative estimate of drug-likeness (QED) is 0.553. The van der Waals surface area contributed by atoms with Crippen molar-refractivity contribution in [3.05, 3.63) is 0 Å². The molecule has 2 N–H and O–H groups in total. The molecule has 0 bridgehead atoms. The topological polar surface area (TPSA) is 61.8 Å². The minimum atomic E-state index is -0.367. The minimum absolute atomic E-state index is 0.0619. The van der Waals surface area contributed by atoms with E-state index < -0.39 is 0 Å². The van der Waals surface area contributed by atoms with Gasteiger partial charge in [-0.2, -0.15) is 0 Å². The van der Waals surface area contributed by atoms with Crippen molar-refractivity contribution in [1.82, 2.24) is 10.4 Å². The van der Waals surface area contributed by atoms with Crippen LogP contribution in [0.4, 0.5) is 4.79 Å². The zero-order chi connectivity index (χ0) is 8.85. The van der Waals surface area contributed by atoms with E-state index in [2.05, 4.69) is 10.3 Å². The molecule has 0 unspecified atom stereocenters. The Morgan fingerprint density at radius 2 is 2.36 bits per heavy atom. The molecule has 0 aromatic heterocycles. The second-order valence-corrected chi connectivity index (χ2v) is 2.25. The summed E-state index contributed by atoms with van der Waals surface area (Å²) >= 11 is 0. The molecule has 1 atom stereocenters. The van der Waals surface area contributed by atoms with Gasteiger partial charge in [0.2, 0.25) is 0 Å². The molecule has 0 aromatic rings. The number of aliphatic hydroxyl groups is 1. The lowest BCUT2D eigenvalue weighted by Crippen LogP contribution is -2.43. The maximum absolute atomic E-state index is 10.9. The van der Waals surface area contributed by atoms with Crippen molar-refractivity contribution in [2.24, 2.45) is 0 Å². The highest BCUT2D eigenvalue weighted by Crippen LogP contribution is 1.93. The van der Waals surface area contributed by atoms with E-state index in [9.17, 15) is 4.79 Å². The van der Waals surface area contributed by atoms with Crippen LogP contribution in [0.2, 0.25) is 0 Å². The maximum atomic E-state index is 10.9. The van der Waals surface area contributed by atoms with Gasteiger partial charge in [-0.05, 0) is 6.92 Å². The first kappa shape index (κ1) is 10.2. The van der Waals surface area contributed by atoms with E-state index in [0.717, 1.165) is 0 Å². The number of rotatable bonds is 3. The van der Waals surface area contributed by atoms with Crippen molar-refractivity contribution in [2.45, 2.75) is 13.0 Å². The standard InChI is InChI=1S/C6H14N2O3/c1-5(4-9)8(2)6(10)7-11-3/h5,9H,4H2,1-3H3,(H,7,10)/t5-/m1/s1. The molecular weight excluding hydrogens is 148 g/mol. The molecule has 0 spiro atoms. The van der Waals surface area contributed by atoms with Gasteiger partial charge in [0.1, 0.15) is 0 Å². The van der Waals surface area contributed by atoms with E-state index >= 15 is 0 Å². The van der Waals surface area contributed by atoms with Crippen LogP contribution < -0.4 is 5.48 Å². The molecule has 0 rings (SSSR count). The molecule has 0 aliphatic rings. The SMILES string of the molecule is CONC(=O)N(C)[C@H](C)CO. The lowest BCUT2D eigenvalue weighted by atomic mass is 10.3. The number of nitrogens with zero attached hydrogens (tertiary/aromatic N) is 1. The Bertz CT molecular complexity index is 129. The highest BCUT2D eigenvalue weighted by Gasteiger charge is 2.13.